The molecule has 2 saturated carbocycles. The highest BCUT2D eigenvalue weighted by molar-refractivity contribution is 7.98. The minimum absolute atomic E-state index is 0.114. The molecule has 1 aromatic heterocycles. The van der Waals surface area contributed by atoms with E-state index < -0.39 is 0 Å². The van der Waals surface area contributed by atoms with Gasteiger partial charge in [0.2, 0.25) is 0 Å². The Labute approximate surface area is 157 Å². The minimum Gasteiger partial charge on any atom is -0.348 e. The number of nitrogens with one attached hydrogen (secondary N) is 1. The number of imidazole rings is 1. The Morgan fingerprint density at radius 2 is 2.08 bits per heavy atom. The Bertz CT molecular complexity index is 804. The molecule has 0 spiro atoms. The van der Waals surface area contributed by atoms with Gasteiger partial charge in [0, 0.05) is 11.7 Å². The number of nitrogens with zero attached hydrogens (tertiary/aromatic N) is 2. The Kier molecular flexibility index (Phi) is 4.78. The summed E-state index contributed by atoms with van der Waals surface area (Å²) < 4.78 is 15.1. The number of hydrogen-bond acceptors (Lipinski definition) is 3. The van der Waals surface area contributed by atoms with Gasteiger partial charge in [-0.15, -0.1) is 0 Å². The quantitative estimate of drug-likeness (QED) is 0.796. The van der Waals surface area contributed by atoms with Crippen molar-refractivity contribution in [1.82, 2.24) is 14.9 Å². The van der Waals surface area contributed by atoms with E-state index in [1.54, 1.807) is 22.9 Å². The summed E-state index contributed by atoms with van der Waals surface area (Å²) in [5.74, 6) is 1.80. The zero-order valence-electron chi connectivity index (χ0n) is 15.1. The van der Waals surface area contributed by atoms with Gasteiger partial charge in [-0.05, 0) is 74.5 Å². The Morgan fingerprint density at radius 3 is 2.69 bits per heavy atom. The summed E-state index contributed by atoms with van der Waals surface area (Å²) in [4.78, 5) is 17.3. The summed E-state index contributed by atoms with van der Waals surface area (Å²) in [5, 5.41) is 3.92. The first kappa shape index (κ1) is 17.6. The number of carbonyl (C=O) groups excluding carboxylic acids is 1. The topological polar surface area (TPSA) is 46.9 Å². The third-order valence-corrected chi connectivity index (χ3v) is 6.68. The Balaban J connectivity index is 1.56. The number of halogens is 1. The van der Waals surface area contributed by atoms with Crippen molar-refractivity contribution < 1.29 is 9.18 Å². The standard InChI is InChI=1S/C20H24FN3OS/c1-12(17-10-13-3-4-14(17)9-13)23-19(25)18-11-22-20(26-2)24(18)16-7-5-15(21)6-8-16/h5-8,11-14,17H,3-4,9-10H2,1-2H3,(H,23,25)/t12-,13+,14+,17-/m1/s1. The molecular formula is C20H24FN3OS. The molecule has 0 radical (unpaired) electrons. The third kappa shape index (κ3) is 3.15. The smallest absolute Gasteiger partial charge is 0.270 e. The van der Waals surface area contributed by atoms with Crippen LogP contribution in [0.4, 0.5) is 4.39 Å². The largest absolute Gasteiger partial charge is 0.348 e. The molecule has 2 aliphatic carbocycles. The zero-order chi connectivity index (χ0) is 18.3. The maximum absolute atomic E-state index is 13.3. The van der Waals surface area contributed by atoms with Gasteiger partial charge in [0.1, 0.15) is 11.5 Å². The van der Waals surface area contributed by atoms with E-state index in [1.165, 1.54) is 49.6 Å². The van der Waals surface area contributed by atoms with Gasteiger partial charge in [-0.2, -0.15) is 0 Å². The van der Waals surface area contributed by atoms with Crippen LogP contribution in [0.1, 0.15) is 43.1 Å². The lowest BCUT2D eigenvalue weighted by molar-refractivity contribution is 0.0907. The molecule has 0 aliphatic heterocycles. The molecule has 1 amide bonds. The lowest BCUT2D eigenvalue weighted by Crippen LogP contribution is -2.40. The lowest BCUT2D eigenvalue weighted by Gasteiger charge is -2.28. The van der Waals surface area contributed by atoms with Gasteiger partial charge in [0.25, 0.3) is 5.91 Å². The zero-order valence-corrected chi connectivity index (χ0v) is 15.9. The van der Waals surface area contributed by atoms with Crippen molar-refractivity contribution >= 4 is 17.7 Å². The normalized spacial score (nSPS) is 25.4. The van der Waals surface area contributed by atoms with Gasteiger partial charge in [-0.25, -0.2) is 9.37 Å². The van der Waals surface area contributed by atoms with Gasteiger partial charge in [0.15, 0.2) is 5.16 Å². The summed E-state index contributed by atoms with van der Waals surface area (Å²) in [7, 11) is 0. The van der Waals surface area contributed by atoms with Crippen LogP contribution in [0.2, 0.25) is 0 Å². The van der Waals surface area contributed by atoms with E-state index in [2.05, 4.69) is 17.2 Å². The molecule has 26 heavy (non-hydrogen) atoms. The first-order chi connectivity index (χ1) is 12.6. The van der Waals surface area contributed by atoms with Crippen molar-refractivity contribution in [3.8, 4) is 5.69 Å². The Morgan fingerprint density at radius 1 is 1.31 bits per heavy atom. The van der Waals surface area contributed by atoms with Crippen molar-refractivity contribution in [2.24, 2.45) is 17.8 Å². The van der Waals surface area contributed by atoms with Gasteiger partial charge in [0.05, 0.1) is 6.20 Å². The summed E-state index contributed by atoms with van der Waals surface area (Å²) in [6, 6.07) is 6.31. The molecular weight excluding hydrogens is 349 g/mol. The van der Waals surface area contributed by atoms with E-state index in [9.17, 15) is 9.18 Å². The predicted octanol–water partition coefficient (Wildman–Crippen LogP) is 4.29. The number of hydrogen-bond donors (Lipinski definition) is 1. The Hall–Kier alpha value is -1.82. The van der Waals surface area contributed by atoms with Gasteiger partial charge in [-0.1, -0.05) is 18.2 Å². The van der Waals surface area contributed by atoms with Crippen LogP contribution in [0, 0.1) is 23.6 Å². The number of benzene rings is 1. The molecule has 1 N–H and O–H groups in total. The first-order valence-corrected chi connectivity index (χ1v) is 10.5. The molecule has 6 heteroatoms. The van der Waals surface area contributed by atoms with Crippen molar-refractivity contribution in [2.75, 3.05) is 6.26 Å². The average Bonchev–Trinajstić information content (AvgIpc) is 3.37. The minimum atomic E-state index is -0.296. The molecule has 1 aromatic carbocycles. The fraction of sp³-hybridized carbons (Fsp3) is 0.500. The van der Waals surface area contributed by atoms with Crippen LogP contribution in [0.5, 0.6) is 0 Å². The molecule has 1 heterocycles. The molecule has 2 aliphatic rings. The number of rotatable bonds is 5. The van der Waals surface area contributed by atoms with E-state index in [0.29, 0.717) is 16.8 Å². The monoisotopic (exact) mass is 373 g/mol. The summed E-state index contributed by atoms with van der Waals surface area (Å²) in [5.41, 5.74) is 1.24. The number of aromatic nitrogens is 2. The molecule has 2 bridgehead atoms. The molecule has 138 valence electrons. The number of carbonyl (C=O) groups is 1. The molecule has 2 fully saturated rings. The van der Waals surface area contributed by atoms with E-state index in [4.69, 9.17) is 0 Å². The summed E-state index contributed by atoms with van der Waals surface area (Å²) in [6.07, 6.45) is 8.75. The highest BCUT2D eigenvalue weighted by Crippen LogP contribution is 2.49. The number of fused-ring (bicyclic) bond motifs is 2. The number of thioether (sulfide) groups is 1. The van der Waals surface area contributed by atoms with Crippen molar-refractivity contribution in [2.45, 2.75) is 43.8 Å². The van der Waals surface area contributed by atoms with Gasteiger partial charge in [-0.3, -0.25) is 9.36 Å². The lowest BCUT2D eigenvalue weighted by atomic mass is 9.84. The van der Waals surface area contributed by atoms with Crippen LogP contribution < -0.4 is 5.32 Å². The van der Waals surface area contributed by atoms with Crippen LogP contribution in [-0.4, -0.2) is 27.8 Å². The van der Waals surface area contributed by atoms with Crippen LogP contribution in [0.25, 0.3) is 5.69 Å². The molecule has 4 atom stereocenters. The van der Waals surface area contributed by atoms with Crippen LogP contribution in [-0.2, 0) is 0 Å². The fourth-order valence-electron chi connectivity index (χ4n) is 4.77. The molecule has 2 aromatic rings. The maximum Gasteiger partial charge on any atom is 0.270 e. The van der Waals surface area contributed by atoms with Crippen LogP contribution in [0.15, 0.2) is 35.6 Å². The molecule has 0 saturated heterocycles. The van der Waals surface area contributed by atoms with Gasteiger partial charge < -0.3 is 5.32 Å². The molecule has 0 unspecified atom stereocenters. The molecule has 4 nitrogen and oxygen atoms in total. The summed E-state index contributed by atoms with van der Waals surface area (Å²) in [6.45, 7) is 2.12. The second-order valence-corrected chi connectivity index (χ2v) is 8.32. The maximum atomic E-state index is 13.3. The third-order valence-electron chi connectivity index (χ3n) is 6.02. The highest BCUT2D eigenvalue weighted by Gasteiger charge is 2.42. The van der Waals surface area contributed by atoms with E-state index >= 15 is 0 Å². The summed E-state index contributed by atoms with van der Waals surface area (Å²) >= 11 is 1.46. The molecule has 4 rings (SSSR count). The van der Waals surface area contributed by atoms with Gasteiger partial charge >= 0.3 is 0 Å². The predicted molar refractivity (Wildman–Crippen MR) is 101 cm³/mol. The fourth-order valence-corrected chi connectivity index (χ4v) is 5.32. The van der Waals surface area contributed by atoms with Crippen LogP contribution >= 0.6 is 11.8 Å². The van der Waals surface area contributed by atoms with Crippen molar-refractivity contribution in [3.63, 3.8) is 0 Å². The first-order valence-electron chi connectivity index (χ1n) is 9.25. The van der Waals surface area contributed by atoms with E-state index in [-0.39, 0.29) is 17.8 Å². The number of amides is 1. The second-order valence-electron chi connectivity index (χ2n) is 7.54. The van der Waals surface area contributed by atoms with Crippen LogP contribution in [0.3, 0.4) is 0 Å². The highest BCUT2D eigenvalue weighted by atomic mass is 32.2. The second kappa shape index (κ2) is 7.06. The van der Waals surface area contributed by atoms with E-state index in [0.717, 1.165) is 17.5 Å². The average molecular weight is 373 g/mol. The SMILES string of the molecule is CSc1ncc(C(=O)N[C@H](C)[C@H]2C[C@H]3CC[C@H]2C3)n1-c1ccc(F)cc1. The van der Waals surface area contributed by atoms with Crippen molar-refractivity contribution in [1.29, 1.82) is 0 Å². The van der Waals surface area contributed by atoms with E-state index in [1.807, 2.05) is 6.26 Å². The van der Waals surface area contributed by atoms with Crippen molar-refractivity contribution in [3.05, 3.63) is 42.0 Å².